The Morgan fingerprint density at radius 3 is 2.55 bits per heavy atom. The Bertz CT molecular complexity index is 646. The molecule has 0 bridgehead atoms. The zero-order valence-electron chi connectivity index (χ0n) is 10.7. The lowest BCUT2D eigenvalue weighted by Crippen LogP contribution is -2.32. The maximum absolute atomic E-state index is 13.5. The number of nitrogens with one attached hydrogen (secondary N) is 1. The molecule has 0 aliphatic heterocycles. The highest BCUT2D eigenvalue weighted by Crippen LogP contribution is 2.22. The maximum Gasteiger partial charge on any atom is 0.326 e. The van der Waals surface area contributed by atoms with Gasteiger partial charge in [0.15, 0.2) is 0 Å². The molecule has 0 aliphatic rings. The minimum atomic E-state index is -0.840. The molecule has 0 radical (unpaired) electrons. The highest BCUT2D eigenvalue weighted by atomic mass is 19.1. The van der Waals surface area contributed by atoms with E-state index in [1.165, 1.54) is 11.9 Å². The smallest absolute Gasteiger partial charge is 0.326 e. The van der Waals surface area contributed by atoms with Gasteiger partial charge in [-0.2, -0.15) is 0 Å². The van der Waals surface area contributed by atoms with E-state index in [9.17, 15) is 13.6 Å². The number of hydrogen-bond acceptors (Lipinski definition) is 2. The number of anilines is 3. The Kier molecular flexibility index (Phi) is 3.84. The monoisotopic (exact) mass is 277 g/mol. The summed E-state index contributed by atoms with van der Waals surface area (Å²) in [4.78, 5) is 13.2. The summed E-state index contributed by atoms with van der Waals surface area (Å²) < 4.78 is 26.2. The molecule has 0 atom stereocenters. The summed E-state index contributed by atoms with van der Waals surface area (Å²) >= 11 is 0. The number of urea groups is 1. The summed E-state index contributed by atoms with van der Waals surface area (Å²) in [6.45, 7) is 0. The number of para-hydroxylation sites is 2. The van der Waals surface area contributed by atoms with E-state index in [0.717, 1.165) is 12.1 Å². The molecule has 4 nitrogen and oxygen atoms in total. The molecule has 2 aromatic carbocycles. The molecule has 0 fully saturated rings. The molecule has 0 unspecified atom stereocenters. The number of carbonyl (C=O) groups excluding carboxylic acids is 1. The number of nitrogens with two attached hydrogens (primary N) is 1. The van der Waals surface area contributed by atoms with Gasteiger partial charge in [0.05, 0.1) is 17.1 Å². The van der Waals surface area contributed by atoms with Gasteiger partial charge in [-0.15, -0.1) is 0 Å². The molecule has 104 valence electrons. The molecule has 0 aromatic heterocycles. The first-order valence-corrected chi connectivity index (χ1v) is 5.83. The van der Waals surface area contributed by atoms with Crippen molar-refractivity contribution in [3.8, 4) is 0 Å². The van der Waals surface area contributed by atoms with Gasteiger partial charge in [0.25, 0.3) is 0 Å². The van der Waals surface area contributed by atoms with Crippen LogP contribution in [0.15, 0.2) is 42.5 Å². The van der Waals surface area contributed by atoms with Gasteiger partial charge < -0.3 is 11.1 Å². The molecule has 20 heavy (non-hydrogen) atoms. The van der Waals surface area contributed by atoms with Crippen LogP contribution in [0.3, 0.4) is 0 Å². The minimum Gasteiger partial charge on any atom is -0.397 e. The van der Waals surface area contributed by atoms with Gasteiger partial charge in [-0.05, 0) is 24.3 Å². The van der Waals surface area contributed by atoms with Gasteiger partial charge in [0, 0.05) is 13.1 Å². The number of carbonyl (C=O) groups is 1. The van der Waals surface area contributed by atoms with Crippen LogP contribution in [0.2, 0.25) is 0 Å². The maximum atomic E-state index is 13.5. The Hall–Kier alpha value is -2.63. The molecular formula is C14H13F2N3O. The van der Waals surface area contributed by atoms with Gasteiger partial charge >= 0.3 is 6.03 Å². The summed E-state index contributed by atoms with van der Waals surface area (Å²) in [6.07, 6.45) is 0. The zero-order chi connectivity index (χ0) is 14.7. The van der Waals surface area contributed by atoms with Crippen LogP contribution in [0, 0.1) is 11.6 Å². The Labute approximate surface area is 114 Å². The highest BCUT2D eigenvalue weighted by Gasteiger charge is 2.15. The average Bonchev–Trinajstić information content (AvgIpc) is 2.41. The Morgan fingerprint density at radius 2 is 1.90 bits per heavy atom. The van der Waals surface area contributed by atoms with E-state index >= 15 is 0 Å². The minimum absolute atomic E-state index is 0.0993. The Morgan fingerprint density at radius 1 is 1.20 bits per heavy atom. The fourth-order valence-electron chi connectivity index (χ4n) is 1.69. The summed E-state index contributed by atoms with van der Waals surface area (Å²) in [5, 5.41) is 2.35. The van der Waals surface area contributed by atoms with Gasteiger partial charge in [-0.1, -0.05) is 12.1 Å². The lowest BCUT2D eigenvalue weighted by atomic mass is 10.2. The van der Waals surface area contributed by atoms with Crippen molar-refractivity contribution in [2.24, 2.45) is 0 Å². The second-order valence-corrected chi connectivity index (χ2v) is 4.17. The van der Waals surface area contributed by atoms with Gasteiger partial charge in [0.2, 0.25) is 0 Å². The Balaban J connectivity index is 2.18. The lowest BCUT2D eigenvalue weighted by Gasteiger charge is -2.19. The molecule has 2 amide bonds. The number of benzene rings is 2. The molecular weight excluding hydrogens is 264 g/mol. The highest BCUT2D eigenvalue weighted by molar-refractivity contribution is 6.03. The van der Waals surface area contributed by atoms with E-state index in [1.807, 2.05) is 0 Å². The SMILES string of the molecule is CN(C(=O)Nc1ccc(F)cc1F)c1ccccc1N. The van der Waals surface area contributed by atoms with Crippen molar-refractivity contribution in [3.05, 3.63) is 54.1 Å². The van der Waals surface area contributed by atoms with Crippen molar-refractivity contribution in [2.75, 3.05) is 23.0 Å². The number of nitrogen functional groups attached to an aromatic ring is 1. The van der Waals surface area contributed by atoms with Crippen LogP contribution in [-0.2, 0) is 0 Å². The van der Waals surface area contributed by atoms with Crippen LogP contribution in [-0.4, -0.2) is 13.1 Å². The van der Waals surface area contributed by atoms with E-state index in [1.54, 1.807) is 24.3 Å². The van der Waals surface area contributed by atoms with Crippen molar-refractivity contribution in [1.29, 1.82) is 0 Å². The van der Waals surface area contributed by atoms with Crippen molar-refractivity contribution < 1.29 is 13.6 Å². The first kappa shape index (κ1) is 13.8. The molecule has 0 saturated carbocycles. The largest absolute Gasteiger partial charge is 0.397 e. The fraction of sp³-hybridized carbons (Fsp3) is 0.0714. The third-order valence-electron chi connectivity index (χ3n) is 2.78. The molecule has 6 heteroatoms. The van der Waals surface area contributed by atoms with Crippen LogP contribution in [0.25, 0.3) is 0 Å². The molecule has 2 rings (SSSR count). The molecule has 0 spiro atoms. The zero-order valence-corrected chi connectivity index (χ0v) is 10.7. The van der Waals surface area contributed by atoms with Crippen LogP contribution in [0.4, 0.5) is 30.6 Å². The van der Waals surface area contributed by atoms with Gasteiger partial charge in [-0.25, -0.2) is 13.6 Å². The van der Waals surface area contributed by atoms with E-state index in [-0.39, 0.29) is 5.69 Å². The van der Waals surface area contributed by atoms with E-state index in [4.69, 9.17) is 5.73 Å². The predicted molar refractivity (Wildman–Crippen MR) is 74.6 cm³/mol. The first-order chi connectivity index (χ1) is 9.49. The van der Waals surface area contributed by atoms with E-state index < -0.39 is 17.7 Å². The van der Waals surface area contributed by atoms with Gasteiger partial charge in [0.1, 0.15) is 11.6 Å². The van der Waals surface area contributed by atoms with Crippen molar-refractivity contribution in [3.63, 3.8) is 0 Å². The van der Waals surface area contributed by atoms with Crippen LogP contribution in [0.5, 0.6) is 0 Å². The molecule has 2 aromatic rings. The standard InChI is InChI=1S/C14H13F2N3O/c1-19(13-5-3-2-4-11(13)17)14(20)18-12-7-6-9(15)8-10(12)16/h2-8H,17H2,1H3,(H,18,20). The number of halogens is 2. The van der Waals surface area contributed by atoms with Crippen LogP contribution >= 0.6 is 0 Å². The van der Waals surface area contributed by atoms with E-state index in [2.05, 4.69) is 5.32 Å². The summed E-state index contributed by atoms with van der Waals surface area (Å²) in [5.74, 6) is -1.55. The summed E-state index contributed by atoms with van der Waals surface area (Å²) in [7, 11) is 1.50. The number of rotatable bonds is 2. The third kappa shape index (κ3) is 2.85. The first-order valence-electron chi connectivity index (χ1n) is 5.83. The second-order valence-electron chi connectivity index (χ2n) is 4.17. The molecule has 0 saturated heterocycles. The average molecular weight is 277 g/mol. The number of nitrogens with zero attached hydrogens (tertiary/aromatic N) is 1. The molecule has 3 N–H and O–H groups in total. The predicted octanol–water partition coefficient (Wildman–Crippen LogP) is 3.22. The second kappa shape index (κ2) is 5.56. The molecule has 0 heterocycles. The third-order valence-corrected chi connectivity index (χ3v) is 2.78. The van der Waals surface area contributed by atoms with Crippen molar-refractivity contribution >= 4 is 23.1 Å². The van der Waals surface area contributed by atoms with Crippen molar-refractivity contribution in [2.45, 2.75) is 0 Å². The molecule has 0 aliphatic carbocycles. The quantitative estimate of drug-likeness (QED) is 0.828. The fourth-order valence-corrected chi connectivity index (χ4v) is 1.69. The summed E-state index contributed by atoms with van der Waals surface area (Å²) in [6, 6.07) is 9.13. The summed E-state index contributed by atoms with van der Waals surface area (Å²) in [5.41, 5.74) is 6.57. The van der Waals surface area contributed by atoms with E-state index in [0.29, 0.717) is 17.4 Å². The normalized spacial score (nSPS) is 10.2. The van der Waals surface area contributed by atoms with Crippen molar-refractivity contribution in [1.82, 2.24) is 0 Å². The number of amides is 2. The number of hydrogen-bond donors (Lipinski definition) is 2. The lowest BCUT2D eigenvalue weighted by molar-refractivity contribution is 0.258. The van der Waals surface area contributed by atoms with Gasteiger partial charge in [-0.3, -0.25) is 4.90 Å². The van der Waals surface area contributed by atoms with Crippen LogP contribution in [0.1, 0.15) is 0 Å². The van der Waals surface area contributed by atoms with Crippen LogP contribution < -0.4 is 16.0 Å². The topological polar surface area (TPSA) is 58.4 Å².